The molecule has 1 aromatic heterocycles. The van der Waals surface area contributed by atoms with E-state index in [-0.39, 0.29) is 5.56 Å². The third kappa shape index (κ3) is 3.55. The third-order valence-electron chi connectivity index (χ3n) is 3.61. The van der Waals surface area contributed by atoms with Gasteiger partial charge in [0.1, 0.15) is 0 Å². The molecule has 0 saturated heterocycles. The molecule has 0 amide bonds. The Balaban J connectivity index is 2.19. The van der Waals surface area contributed by atoms with Crippen molar-refractivity contribution in [3.63, 3.8) is 0 Å². The minimum absolute atomic E-state index is 0.0569. The van der Waals surface area contributed by atoms with Gasteiger partial charge in [0.05, 0.1) is 16.6 Å². The zero-order valence-corrected chi connectivity index (χ0v) is 15.1. The number of rotatable bonds is 4. The van der Waals surface area contributed by atoms with E-state index in [0.29, 0.717) is 21.8 Å². The Morgan fingerprint density at radius 3 is 2.62 bits per heavy atom. The highest BCUT2D eigenvalue weighted by Gasteiger charge is 2.12. The molecule has 0 N–H and O–H groups in total. The van der Waals surface area contributed by atoms with E-state index in [0.717, 1.165) is 16.3 Å². The van der Waals surface area contributed by atoms with Crippen molar-refractivity contribution in [1.82, 2.24) is 9.55 Å². The predicted octanol–water partition coefficient (Wildman–Crippen LogP) is 4.93. The number of hydrogen-bond acceptors (Lipinski definition) is 3. The second-order valence-corrected chi connectivity index (χ2v) is 7.07. The second-order valence-electron chi connectivity index (χ2n) is 5.49. The van der Waals surface area contributed by atoms with Gasteiger partial charge in [0, 0.05) is 10.8 Å². The van der Waals surface area contributed by atoms with Crippen LogP contribution in [0, 0.1) is 6.92 Å². The summed E-state index contributed by atoms with van der Waals surface area (Å²) in [5.74, 6) is 0.659. The molecule has 1 heterocycles. The maximum atomic E-state index is 13.0. The Morgan fingerprint density at radius 2 is 1.92 bits per heavy atom. The van der Waals surface area contributed by atoms with Crippen molar-refractivity contribution in [3.05, 3.63) is 75.6 Å². The molecule has 0 saturated carbocycles. The molecule has 3 rings (SSSR count). The molecule has 0 spiro atoms. The lowest BCUT2D eigenvalue weighted by Crippen LogP contribution is -2.21. The number of hydrogen-bond donors (Lipinski definition) is 0. The van der Waals surface area contributed by atoms with Crippen LogP contribution in [-0.2, 0) is 0 Å². The summed E-state index contributed by atoms with van der Waals surface area (Å²) in [4.78, 5) is 17.7. The lowest BCUT2D eigenvalue weighted by molar-refractivity contribution is 0.820. The third-order valence-corrected chi connectivity index (χ3v) is 4.63. The van der Waals surface area contributed by atoms with Gasteiger partial charge in [-0.1, -0.05) is 59.3 Å². The molecule has 2 aromatic carbocycles. The zero-order valence-electron chi connectivity index (χ0n) is 13.5. The van der Waals surface area contributed by atoms with E-state index in [9.17, 15) is 4.79 Å². The number of aryl methyl sites for hydroxylation is 1. The average Bonchev–Trinajstić information content (AvgIpc) is 2.56. The van der Waals surface area contributed by atoms with Crippen LogP contribution in [0.2, 0.25) is 0 Å². The van der Waals surface area contributed by atoms with Crippen molar-refractivity contribution in [3.8, 4) is 5.69 Å². The molecule has 0 atom stereocenters. The topological polar surface area (TPSA) is 34.9 Å². The molecule has 122 valence electrons. The van der Waals surface area contributed by atoms with Crippen LogP contribution >= 0.6 is 23.4 Å². The fourth-order valence-electron chi connectivity index (χ4n) is 2.36. The maximum Gasteiger partial charge on any atom is 0.266 e. The molecule has 0 aliphatic rings. The average molecular weight is 357 g/mol. The number of nitrogens with zero attached hydrogens (tertiary/aromatic N) is 2. The van der Waals surface area contributed by atoms with Crippen molar-refractivity contribution < 1.29 is 0 Å². The molecule has 0 aliphatic heterocycles. The van der Waals surface area contributed by atoms with Crippen LogP contribution in [0.1, 0.15) is 12.5 Å². The summed E-state index contributed by atoms with van der Waals surface area (Å²) in [5.41, 5.74) is 2.62. The van der Waals surface area contributed by atoms with Crippen LogP contribution in [-0.4, -0.2) is 15.3 Å². The molecule has 0 unspecified atom stereocenters. The van der Waals surface area contributed by atoms with Gasteiger partial charge >= 0.3 is 0 Å². The molecule has 24 heavy (non-hydrogen) atoms. The van der Waals surface area contributed by atoms with Crippen molar-refractivity contribution in [1.29, 1.82) is 0 Å². The predicted molar refractivity (Wildman–Crippen MR) is 102 cm³/mol. The molecular formula is C19H17ClN2OS. The highest BCUT2D eigenvalue weighted by Crippen LogP contribution is 2.22. The fraction of sp³-hybridized carbons (Fsp3) is 0.158. The van der Waals surface area contributed by atoms with E-state index in [1.165, 1.54) is 11.8 Å². The molecule has 0 radical (unpaired) electrons. The quantitative estimate of drug-likeness (QED) is 0.491. The Bertz CT molecular complexity index is 957. The van der Waals surface area contributed by atoms with Crippen LogP contribution < -0.4 is 5.56 Å². The molecule has 3 nitrogen and oxygen atoms in total. The van der Waals surface area contributed by atoms with Gasteiger partial charge in [0.2, 0.25) is 0 Å². The van der Waals surface area contributed by atoms with Crippen molar-refractivity contribution in [2.45, 2.75) is 19.0 Å². The van der Waals surface area contributed by atoms with Gasteiger partial charge in [-0.2, -0.15) is 0 Å². The van der Waals surface area contributed by atoms with Crippen molar-refractivity contribution >= 4 is 34.3 Å². The van der Waals surface area contributed by atoms with Crippen LogP contribution in [0.15, 0.2) is 69.6 Å². The molecule has 0 bridgehead atoms. The number of thioether (sulfide) groups is 1. The number of aromatic nitrogens is 2. The summed E-state index contributed by atoms with van der Waals surface area (Å²) in [6, 6.07) is 15.3. The molecule has 3 aromatic rings. The molecule has 0 aliphatic carbocycles. The summed E-state index contributed by atoms with van der Waals surface area (Å²) in [6.45, 7) is 3.86. The van der Waals surface area contributed by atoms with Gasteiger partial charge in [-0.25, -0.2) is 4.98 Å². The van der Waals surface area contributed by atoms with E-state index in [1.54, 1.807) is 4.57 Å². The smallest absolute Gasteiger partial charge is 0.266 e. The van der Waals surface area contributed by atoms with Crippen LogP contribution in [0.5, 0.6) is 0 Å². The minimum atomic E-state index is -0.0569. The summed E-state index contributed by atoms with van der Waals surface area (Å²) >= 11 is 7.40. The van der Waals surface area contributed by atoms with Gasteiger partial charge in [0.15, 0.2) is 5.16 Å². The lowest BCUT2D eigenvalue weighted by Gasteiger charge is -2.13. The molecule has 5 heteroatoms. The number of para-hydroxylation sites is 1. The van der Waals surface area contributed by atoms with E-state index >= 15 is 0 Å². The normalized spacial score (nSPS) is 11.9. The van der Waals surface area contributed by atoms with Gasteiger partial charge in [0.25, 0.3) is 5.56 Å². The minimum Gasteiger partial charge on any atom is -0.268 e. The molecular weight excluding hydrogens is 340 g/mol. The fourth-order valence-corrected chi connectivity index (χ4v) is 3.49. The standard InChI is InChI=1S/C19H17ClN2OS/c1-13-7-9-15(10-8-13)22-18(23)16-5-3-4-6-17(16)21-19(22)24-12-11-14(2)20/h3-11H,12H2,1-2H3. The van der Waals surface area contributed by atoms with Crippen LogP contribution in [0.3, 0.4) is 0 Å². The summed E-state index contributed by atoms with van der Waals surface area (Å²) in [5, 5.41) is 2.01. The number of allylic oxidation sites excluding steroid dienone is 1. The first-order valence-corrected chi connectivity index (χ1v) is 8.96. The number of halogens is 1. The Hall–Kier alpha value is -2.04. The van der Waals surface area contributed by atoms with E-state index in [1.807, 2.05) is 68.5 Å². The highest BCUT2D eigenvalue weighted by atomic mass is 35.5. The van der Waals surface area contributed by atoms with Crippen molar-refractivity contribution in [2.75, 3.05) is 5.75 Å². The first-order valence-electron chi connectivity index (χ1n) is 7.60. The summed E-state index contributed by atoms with van der Waals surface area (Å²) in [6.07, 6.45) is 1.91. The Labute approximate surface area is 150 Å². The van der Waals surface area contributed by atoms with Crippen LogP contribution in [0.25, 0.3) is 16.6 Å². The number of fused-ring (bicyclic) bond motifs is 1. The second kappa shape index (κ2) is 7.24. The zero-order chi connectivity index (χ0) is 17.1. The maximum absolute atomic E-state index is 13.0. The largest absolute Gasteiger partial charge is 0.268 e. The van der Waals surface area contributed by atoms with E-state index < -0.39 is 0 Å². The van der Waals surface area contributed by atoms with Crippen molar-refractivity contribution in [2.24, 2.45) is 0 Å². The highest BCUT2D eigenvalue weighted by molar-refractivity contribution is 7.99. The van der Waals surface area contributed by atoms with Gasteiger partial charge in [-0.3, -0.25) is 9.36 Å². The monoisotopic (exact) mass is 356 g/mol. The Morgan fingerprint density at radius 1 is 1.21 bits per heavy atom. The SMILES string of the molecule is CC(Cl)=CCSc1nc2ccccc2c(=O)n1-c1ccc(C)cc1. The van der Waals surface area contributed by atoms with Gasteiger partial charge in [-0.15, -0.1) is 0 Å². The van der Waals surface area contributed by atoms with E-state index in [4.69, 9.17) is 11.6 Å². The number of benzene rings is 2. The van der Waals surface area contributed by atoms with Gasteiger partial charge in [-0.05, 0) is 38.1 Å². The van der Waals surface area contributed by atoms with Crippen LogP contribution in [0.4, 0.5) is 0 Å². The summed E-state index contributed by atoms with van der Waals surface area (Å²) in [7, 11) is 0. The summed E-state index contributed by atoms with van der Waals surface area (Å²) < 4.78 is 1.67. The first-order chi connectivity index (χ1) is 11.6. The Kier molecular flexibility index (Phi) is 5.07. The lowest BCUT2D eigenvalue weighted by atomic mass is 10.2. The van der Waals surface area contributed by atoms with E-state index in [2.05, 4.69) is 4.98 Å². The van der Waals surface area contributed by atoms with Gasteiger partial charge < -0.3 is 0 Å². The molecule has 0 fully saturated rings. The first kappa shape index (κ1) is 16.8.